The average Bonchev–Trinajstić information content (AvgIpc) is 2.71. The van der Waals surface area contributed by atoms with Crippen molar-refractivity contribution < 1.29 is 21.9 Å². The molecule has 7 nitrogen and oxygen atoms in total. The lowest BCUT2D eigenvalue weighted by Gasteiger charge is -2.22. The minimum atomic E-state index is -4.46. The van der Waals surface area contributed by atoms with E-state index in [1.807, 2.05) is 19.1 Å². The van der Waals surface area contributed by atoms with E-state index in [1.54, 1.807) is 43.3 Å². The van der Waals surface area contributed by atoms with Gasteiger partial charge in [0.15, 0.2) is 0 Å². The summed E-state index contributed by atoms with van der Waals surface area (Å²) in [6.07, 6.45) is 0. The predicted molar refractivity (Wildman–Crippen MR) is 129 cm³/mol. The Morgan fingerprint density at radius 2 is 1.12 bits per heavy atom. The van der Waals surface area contributed by atoms with Crippen molar-refractivity contribution in [3.05, 3.63) is 77.9 Å². The Kier molecular flexibility index (Phi) is 5.53. The molecule has 4 rings (SSSR count). The standard InChI is InChI=1S/C24H22N2O5S2/c1-14-7-3-5-9-17(14)21-19-12-11-16(27)13-20(19)23(32(25,28)29)22(24(21)33(26,30)31)18-10-6-4-8-15(18)2/h3-13,27H,1-2H3,(H2,25,28,29)(H2,26,30,31). The van der Waals surface area contributed by atoms with E-state index in [0.717, 1.165) is 5.56 Å². The number of hydrogen-bond acceptors (Lipinski definition) is 5. The first-order chi connectivity index (χ1) is 15.4. The lowest BCUT2D eigenvalue weighted by Crippen LogP contribution is -2.20. The molecule has 0 amide bonds. The Bertz CT molecular complexity index is 1640. The highest BCUT2D eigenvalue weighted by molar-refractivity contribution is 7.90. The number of aryl methyl sites for hydroxylation is 2. The Labute approximate surface area is 192 Å². The summed E-state index contributed by atoms with van der Waals surface area (Å²) in [5.41, 5.74) is 2.43. The summed E-state index contributed by atoms with van der Waals surface area (Å²) in [7, 11) is -8.93. The van der Waals surface area contributed by atoms with Crippen LogP contribution in [0.1, 0.15) is 11.1 Å². The van der Waals surface area contributed by atoms with Crippen LogP contribution in [0.25, 0.3) is 33.0 Å². The van der Waals surface area contributed by atoms with Crippen LogP contribution in [0.5, 0.6) is 5.75 Å². The summed E-state index contributed by atoms with van der Waals surface area (Å²) in [6, 6.07) is 18.0. The van der Waals surface area contributed by atoms with Crippen LogP contribution in [0.3, 0.4) is 0 Å². The van der Waals surface area contributed by atoms with Gasteiger partial charge in [0.05, 0.1) is 9.79 Å². The van der Waals surface area contributed by atoms with E-state index in [0.29, 0.717) is 16.7 Å². The van der Waals surface area contributed by atoms with E-state index in [-0.39, 0.29) is 32.5 Å². The lowest BCUT2D eigenvalue weighted by atomic mass is 9.89. The molecule has 4 aromatic rings. The van der Waals surface area contributed by atoms with Gasteiger partial charge in [0.1, 0.15) is 5.75 Å². The molecule has 0 aliphatic rings. The van der Waals surface area contributed by atoms with E-state index in [1.165, 1.54) is 18.2 Å². The summed E-state index contributed by atoms with van der Waals surface area (Å²) in [5, 5.41) is 22.0. The van der Waals surface area contributed by atoms with E-state index in [9.17, 15) is 21.9 Å². The zero-order valence-electron chi connectivity index (χ0n) is 17.9. The van der Waals surface area contributed by atoms with Crippen molar-refractivity contribution in [3.63, 3.8) is 0 Å². The number of benzene rings is 4. The van der Waals surface area contributed by atoms with E-state index in [2.05, 4.69) is 0 Å². The second kappa shape index (κ2) is 7.96. The maximum atomic E-state index is 13.1. The van der Waals surface area contributed by atoms with Crippen molar-refractivity contribution in [2.75, 3.05) is 0 Å². The Morgan fingerprint density at radius 1 is 0.636 bits per heavy atom. The summed E-state index contributed by atoms with van der Waals surface area (Å²) < 4.78 is 52.1. The van der Waals surface area contributed by atoms with Crippen LogP contribution in [0.2, 0.25) is 0 Å². The first-order valence-corrected chi connectivity index (χ1v) is 13.0. The first kappa shape index (κ1) is 22.9. The van der Waals surface area contributed by atoms with Gasteiger partial charge >= 0.3 is 0 Å². The fourth-order valence-electron chi connectivity index (χ4n) is 4.22. The third kappa shape index (κ3) is 4.00. The van der Waals surface area contributed by atoms with Crippen molar-refractivity contribution in [3.8, 4) is 28.0 Å². The quantitative estimate of drug-likeness (QED) is 0.406. The van der Waals surface area contributed by atoms with Crippen LogP contribution in [0, 0.1) is 13.8 Å². The largest absolute Gasteiger partial charge is 0.508 e. The third-order valence-electron chi connectivity index (χ3n) is 5.60. The highest BCUT2D eigenvalue weighted by atomic mass is 32.2. The molecule has 0 aliphatic carbocycles. The molecular weight excluding hydrogens is 460 g/mol. The van der Waals surface area contributed by atoms with Gasteiger partial charge in [-0.25, -0.2) is 27.1 Å². The zero-order chi connectivity index (χ0) is 24.1. The summed E-state index contributed by atoms with van der Waals surface area (Å²) in [4.78, 5) is -0.752. The Balaban J connectivity index is 2.47. The highest BCUT2D eigenvalue weighted by Gasteiger charge is 2.32. The van der Waals surface area contributed by atoms with Gasteiger partial charge in [-0.15, -0.1) is 0 Å². The van der Waals surface area contributed by atoms with Crippen LogP contribution < -0.4 is 10.3 Å². The van der Waals surface area contributed by atoms with Crippen LogP contribution in [-0.4, -0.2) is 21.9 Å². The highest BCUT2D eigenvalue weighted by Crippen LogP contribution is 2.47. The minimum absolute atomic E-state index is 0.0985. The molecule has 0 bridgehead atoms. The molecule has 0 saturated carbocycles. The summed E-state index contributed by atoms with van der Waals surface area (Å²) in [6.45, 7) is 3.55. The molecule has 0 saturated heterocycles. The first-order valence-electron chi connectivity index (χ1n) is 9.91. The number of phenolic OH excluding ortho intramolecular Hbond substituents is 1. The predicted octanol–water partition coefficient (Wildman–Crippen LogP) is 3.79. The molecular formula is C24H22N2O5S2. The molecule has 5 N–H and O–H groups in total. The molecule has 33 heavy (non-hydrogen) atoms. The van der Waals surface area contributed by atoms with Gasteiger partial charge in [0.25, 0.3) is 0 Å². The van der Waals surface area contributed by atoms with Crippen LogP contribution in [0.4, 0.5) is 0 Å². The molecule has 0 aliphatic heterocycles. The maximum Gasteiger partial charge on any atom is 0.239 e. The zero-order valence-corrected chi connectivity index (χ0v) is 19.5. The van der Waals surface area contributed by atoms with Gasteiger partial charge in [0, 0.05) is 16.5 Å². The fraction of sp³-hybridized carbons (Fsp3) is 0.0833. The number of nitrogens with two attached hydrogens (primary N) is 2. The Hall–Kier alpha value is -3.24. The van der Waals surface area contributed by atoms with Gasteiger partial charge < -0.3 is 5.11 Å². The monoisotopic (exact) mass is 482 g/mol. The SMILES string of the molecule is Cc1ccccc1-c1c(S(N)(=O)=O)c(-c2ccccc2C)c2ccc(O)cc2c1S(N)(=O)=O. The van der Waals surface area contributed by atoms with Crippen LogP contribution in [-0.2, 0) is 20.0 Å². The fourth-order valence-corrected chi connectivity index (χ4v) is 6.26. The number of rotatable bonds is 4. The number of sulfonamides is 2. The molecule has 0 heterocycles. The van der Waals surface area contributed by atoms with E-state index < -0.39 is 24.9 Å². The molecule has 0 radical (unpaired) electrons. The Morgan fingerprint density at radius 3 is 1.61 bits per heavy atom. The molecule has 9 heteroatoms. The number of hydrogen-bond donors (Lipinski definition) is 3. The molecule has 0 atom stereocenters. The van der Waals surface area contributed by atoms with Crippen molar-refractivity contribution in [2.45, 2.75) is 23.6 Å². The number of aromatic hydroxyl groups is 1. The lowest BCUT2D eigenvalue weighted by molar-refractivity contribution is 0.476. The minimum Gasteiger partial charge on any atom is -0.508 e. The van der Waals surface area contributed by atoms with E-state index >= 15 is 0 Å². The molecule has 0 fully saturated rings. The number of phenols is 1. The second-order valence-electron chi connectivity index (χ2n) is 7.86. The molecule has 170 valence electrons. The summed E-state index contributed by atoms with van der Waals surface area (Å²) >= 11 is 0. The van der Waals surface area contributed by atoms with Gasteiger partial charge in [-0.1, -0.05) is 48.5 Å². The molecule has 4 aromatic carbocycles. The van der Waals surface area contributed by atoms with Gasteiger partial charge in [-0.2, -0.15) is 0 Å². The molecule has 0 unspecified atom stereocenters. The topological polar surface area (TPSA) is 141 Å². The summed E-state index contributed by atoms with van der Waals surface area (Å²) in [5.74, 6) is -0.192. The smallest absolute Gasteiger partial charge is 0.239 e. The van der Waals surface area contributed by atoms with Crippen molar-refractivity contribution in [2.24, 2.45) is 10.3 Å². The van der Waals surface area contributed by atoms with E-state index in [4.69, 9.17) is 10.3 Å². The third-order valence-corrected chi connectivity index (χ3v) is 7.57. The second-order valence-corrected chi connectivity index (χ2v) is 10.9. The number of primary sulfonamides is 2. The number of fused-ring (bicyclic) bond motifs is 1. The van der Waals surface area contributed by atoms with Crippen LogP contribution >= 0.6 is 0 Å². The van der Waals surface area contributed by atoms with Gasteiger partial charge in [0.2, 0.25) is 20.0 Å². The van der Waals surface area contributed by atoms with Gasteiger partial charge in [-0.05, 0) is 59.7 Å². The van der Waals surface area contributed by atoms with Crippen LogP contribution in [0.15, 0.2) is 76.5 Å². The average molecular weight is 483 g/mol. The van der Waals surface area contributed by atoms with Crippen molar-refractivity contribution in [1.29, 1.82) is 0 Å². The van der Waals surface area contributed by atoms with Gasteiger partial charge in [-0.3, -0.25) is 0 Å². The molecule has 0 aromatic heterocycles. The van der Waals surface area contributed by atoms with Crippen molar-refractivity contribution in [1.82, 2.24) is 0 Å². The normalized spacial score (nSPS) is 12.2. The van der Waals surface area contributed by atoms with Crippen molar-refractivity contribution >= 4 is 30.8 Å². The maximum absolute atomic E-state index is 13.1. The molecule has 0 spiro atoms.